The highest BCUT2D eigenvalue weighted by atomic mass is 16.5. The lowest BCUT2D eigenvalue weighted by molar-refractivity contribution is -0.136. The molecule has 0 radical (unpaired) electrons. The Morgan fingerprint density at radius 2 is 2.20 bits per heavy atom. The Morgan fingerprint density at radius 3 is 2.60 bits per heavy atom. The van der Waals surface area contributed by atoms with E-state index in [2.05, 4.69) is 16.6 Å². The summed E-state index contributed by atoms with van der Waals surface area (Å²) < 4.78 is 4.58. The van der Waals surface area contributed by atoms with Gasteiger partial charge in [0.05, 0.1) is 6.61 Å². The number of ether oxygens (including phenoxy) is 1. The highest BCUT2D eigenvalue weighted by Gasteiger charge is 1.91. The molecule has 2 heteroatoms. The third-order valence-corrected chi connectivity index (χ3v) is 0.738. The predicted molar refractivity (Wildman–Crippen MR) is 39.2 cm³/mol. The highest BCUT2D eigenvalue weighted by Crippen LogP contribution is 1.85. The van der Waals surface area contributed by atoms with Crippen molar-refractivity contribution in [3.8, 4) is 11.8 Å². The van der Waals surface area contributed by atoms with Crippen LogP contribution < -0.4 is 0 Å². The fourth-order valence-electron chi connectivity index (χ4n) is 0.370. The first-order chi connectivity index (χ1) is 4.66. The van der Waals surface area contributed by atoms with Gasteiger partial charge in [0, 0.05) is 11.8 Å². The van der Waals surface area contributed by atoms with Crippen molar-refractivity contribution in [1.29, 1.82) is 0 Å². The van der Waals surface area contributed by atoms with Gasteiger partial charge in [-0.05, 0) is 6.92 Å². The molecule has 0 spiro atoms. The van der Waals surface area contributed by atoms with E-state index in [1.54, 1.807) is 6.92 Å². The Kier molecular flexibility index (Phi) is 4.39. The van der Waals surface area contributed by atoms with Gasteiger partial charge in [0.1, 0.15) is 0 Å². The molecule has 0 aromatic carbocycles. The maximum absolute atomic E-state index is 10.6. The molecule has 10 heavy (non-hydrogen) atoms. The molecule has 0 saturated heterocycles. The highest BCUT2D eigenvalue weighted by molar-refractivity contribution is 5.88. The largest absolute Gasteiger partial charge is 0.456 e. The molecule has 0 N–H and O–H groups in total. The summed E-state index contributed by atoms with van der Waals surface area (Å²) in [4.78, 5) is 10.6. The maximum Gasteiger partial charge on any atom is 0.384 e. The van der Waals surface area contributed by atoms with Crippen LogP contribution in [0.3, 0.4) is 0 Å². The van der Waals surface area contributed by atoms with E-state index < -0.39 is 5.97 Å². The molecule has 0 fully saturated rings. The Morgan fingerprint density at radius 1 is 1.60 bits per heavy atom. The van der Waals surface area contributed by atoms with Crippen molar-refractivity contribution in [1.82, 2.24) is 0 Å². The van der Waals surface area contributed by atoms with Gasteiger partial charge in [0.2, 0.25) is 0 Å². The lowest BCUT2D eigenvalue weighted by Crippen LogP contribution is -2.00. The van der Waals surface area contributed by atoms with Gasteiger partial charge in [-0.25, -0.2) is 4.79 Å². The summed E-state index contributed by atoms with van der Waals surface area (Å²) in [7, 11) is 0. The Hall–Kier alpha value is -0.970. The number of rotatable bonds is 1. The van der Waals surface area contributed by atoms with Crippen molar-refractivity contribution in [2.45, 2.75) is 20.8 Å². The fourth-order valence-corrected chi connectivity index (χ4v) is 0.370. The molecule has 0 aromatic heterocycles. The second-order valence-electron chi connectivity index (χ2n) is 2.14. The summed E-state index contributed by atoms with van der Waals surface area (Å²) in [6, 6.07) is 0. The van der Waals surface area contributed by atoms with E-state index in [1.807, 2.05) is 13.8 Å². The van der Waals surface area contributed by atoms with Crippen LogP contribution in [0.2, 0.25) is 0 Å². The van der Waals surface area contributed by atoms with Gasteiger partial charge in [-0.15, -0.1) is 0 Å². The topological polar surface area (TPSA) is 26.3 Å². The second-order valence-corrected chi connectivity index (χ2v) is 2.14. The summed E-state index contributed by atoms with van der Waals surface area (Å²) in [6.45, 7) is 6.00. The van der Waals surface area contributed by atoms with E-state index in [0.29, 0.717) is 6.61 Å². The van der Waals surface area contributed by atoms with Crippen molar-refractivity contribution >= 4 is 5.97 Å². The van der Waals surface area contributed by atoms with Gasteiger partial charge in [-0.1, -0.05) is 19.8 Å². The maximum atomic E-state index is 10.6. The van der Waals surface area contributed by atoms with E-state index in [0.717, 1.165) is 0 Å². The van der Waals surface area contributed by atoms with Crippen molar-refractivity contribution < 1.29 is 9.53 Å². The first-order valence-electron chi connectivity index (χ1n) is 3.35. The monoisotopic (exact) mass is 140 g/mol. The van der Waals surface area contributed by atoms with Crippen LogP contribution in [-0.2, 0) is 9.53 Å². The summed E-state index contributed by atoms with van der Waals surface area (Å²) in [5, 5.41) is 0. The zero-order valence-corrected chi connectivity index (χ0v) is 6.60. The first kappa shape index (κ1) is 9.03. The van der Waals surface area contributed by atoms with E-state index in [1.165, 1.54) is 0 Å². The zero-order chi connectivity index (χ0) is 7.98. The second kappa shape index (κ2) is 4.87. The molecule has 0 aliphatic rings. The number of esters is 1. The molecule has 0 aromatic rings. The number of carbonyl (C=O) groups excluding carboxylic acids is 1. The average molecular weight is 140 g/mol. The number of carbonyl (C=O) groups is 1. The van der Waals surface area contributed by atoms with E-state index in [-0.39, 0.29) is 5.92 Å². The molecule has 0 bridgehead atoms. The molecule has 56 valence electrons. The lowest BCUT2D eigenvalue weighted by Gasteiger charge is -1.91. The van der Waals surface area contributed by atoms with Crippen LogP contribution in [-0.4, -0.2) is 12.6 Å². The van der Waals surface area contributed by atoms with Crippen molar-refractivity contribution in [3.05, 3.63) is 0 Å². The van der Waals surface area contributed by atoms with Crippen LogP contribution in [0.1, 0.15) is 20.8 Å². The molecule has 0 unspecified atom stereocenters. The van der Waals surface area contributed by atoms with Gasteiger partial charge in [0.25, 0.3) is 0 Å². The molecule has 0 aliphatic heterocycles. The van der Waals surface area contributed by atoms with Gasteiger partial charge in [-0.3, -0.25) is 0 Å². The normalized spacial score (nSPS) is 8.40. The molecule has 0 atom stereocenters. The van der Waals surface area contributed by atoms with Crippen LogP contribution in [0.25, 0.3) is 0 Å². The van der Waals surface area contributed by atoms with E-state index >= 15 is 0 Å². The predicted octanol–water partition coefficient (Wildman–Crippen LogP) is 1.21. The van der Waals surface area contributed by atoms with Crippen molar-refractivity contribution in [2.24, 2.45) is 5.92 Å². The minimum absolute atomic E-state index is 0.226. The molecule has 2 nitrogen and oxygen atoms in total. The van der Waals surface area contributed by atoms with Crippen LogP contribution in [0.15, 0.2) is 0 Å². The van der Waals surface area contributed by atoms with Crippen molar-refractivity contribution in [2.75, 3.05) is 6.61 Å². The van der Waals surface area contributed by atoms with Gasteiger partial charge in [0.15, 0.2) is 0 Å². The molecular formula is C8H12O2. The van der Waals surface area contributed by atoms with Gasteiger partial charge >= 0.3 is 5.97 Å². The quantitative estimate of drug-likeness (QED) is 0.311. The third-order valence-electron chi connectivity index (χ3n) is 0.738. The number of hydrogen-bond acceptors (Lipinski definition) is 2. The molecule has 0 heterocycles. The summed E-state index contributed by atoms with van der Waals surface area (Å²) in [5.74, 6) is 4.87. The third kappa shape index (κ3) is 5.17. The van der Waals surface area contributed by atoms with E-state index in [9.17, 15) is 4.79 Å². The van der Waals surface area contributed by atoms with Crippen LogP contribution in [0.5, 0.6) is 0 Å². The van der Waals surface area contributed by atoms with Crippen LogP contribution >= 0.6 is 0 Å². The standard InChI is InChI=1S/C8H12O2/c1-4-10-8(9)6-5-7(2)3/h7H,4H2,1-3H3. The lowest BCUT2D eigenvalue weighted by atomic mass is 10.2. The van der Waals surface area contributed by atoms with Crippen molar-refractivity contribution in [3.63, 3.8) is 0 Å². The Balaban J connectivity index is 3.69. The molecule has 0 rings (SSSR count). The SMILES string of the molecule is CCOC(=O)C#CC(C)C. The summed E-state index contributed by atoms with van der Waals surface area (Å²) in [5.41, 5.74) is 0. The fraction of sp³-hybridized carbons (Fsp3) is 0.625. The van der Waals surface area contributed by atoms with Gasteiger partial charge < -0.3 is 4.74 Å². The molecule has 0 amide bonds. The van der Waals surface area contributed by atoms with E-state index in [4.69, 9.17) is 0 Å². The first-order valence-corrected chi connectivity index (χ1v) is 3.35. The number of hydrogen-bond donors (Lipinski definition) is 0. The van der Waals surface area contributed by atoms with Gasteiger partial charge in [-0.2, -0.15) is 0 Å². The molecular weight excluding hydrogens is 128 g/mol. The molecule has 0 saturated carbocycles. The minimum atomic E-state index is -0.434. The minimum Gasteiger partial charge on any atom is -0.456 e. The Labute approximate surface area is 61.6 Å². The molecule has 0 aliphatic carbocycles. The Bertz CT molecular complexity index is 160. The van der Waals surface area contributed by atoms with Crippen LogP contribution in [0, 0.1) is 17.8 Å². The smallest absolute Gasteiger partial charge is 0.384 e. The summed E-state index contributed by atoms with van der Waals surface area (Å²) >= 11 is 0. The zero-order valence-electron chi connectivity index (χ0n) is 6.60. The van der Waals surface area contributed by atoms with Crippen LogP contribution in [0.4, 0.5) is 0 Å². The summed E-state index contributed by atoms with van der Waals surface area (Å²) in [6.07, 6.45) is 0. The average Bonchev–Trinajstić information content (AvgIpc) is 1.85.